The second kappa shape index (κ2) is 8.26. The van der Waals surface area contributed by atoms with Gasteiger partial charge in [-0.05, 0) is 23.8 Å². The van der Waals surface area contributed by atoms with E-state index in [0.29, 0.717) is 22.2 Å². The van der Waals surface area contributed by atoms with Crippen molar-refractivity contribution in [2.45, 2.75) is 19.3 Å². The zero-order chi connectivity index (χ0) is 20.1. The molecule has 0 fully saturated rings. The molecule has 7 nitrogen and oxygen atoms in total. The number of pyridine rings is 1. The summed E-state index contributed by atoms with van der Waals surface area (Å²) in [6.45, 7) is 0.225. The third-order valence-electron chi connectivity index (χ3n) is 3.80. The minimum absolute atomic E-state index is 0.0257. The average molecular weight is 394 g/mol. The van der Waals surface area contributed by atoms with Crippen molar-refractivity contribution in [1.29, 1.82) is 0 Å². The van der Waals surface area contributed by atoms with Crippen LogP contribution in [0.2, 0.25) is 0 Å². The second-order valence-corrected chi connectivity index (χ2v) is 5.96. The second-order valence-electron chi connectivity index (χ2n) is 5.96. The number of hydrogen-bond acceptors (Lipinski definition) is 5. The number of aromatic nitrogens is 3. The SMILES string of the molecule is O=C(Cc1nccc2nn(Cc3cccc(OC(F)(F)F)c3)cc12)NCCO. The summed E-state index contributed by atoms with van der Waals surface area (Å²) < 4.78 is 42.6. The van der Waals surface area contributed by atoms with Crippen molar-refractivity contribution in [3.63, 3.8) is 0 Å². The molecule has 1 amide bonds. The normalized spacial score (nSPS) is 11.6. The highest BCUT2D eigenvalue weighted by Gasteiger charge is 2.31. The molecule has 0 aliphatic carbocycles. The maximum Gasteiger partial charge on any atom is 0.573 e. The topological polar surface area (TPSA) is 89.3 Å². The molecule has 3 aromatic rings. The summed E-state index contributed by atoms with van der Waals surface area (Å²) >= 11 is 0. The predicted molar refractivity (Wildman–Crippen MR) is 93.6 cm³/mol. The molecule has 0 aliphatic heterocycles. The van der Waals surface area contributed by atoms with E-state index in [2.05, 4.69) is 20.1 Å². The largest absolute Gasteiger partial charge is 0.573 e. The maximum atomic E-state index is 12.4. The standard InChI is InChI=1S/C18H17F3N4O3/c19-18(20,21)28-13-3-1-2-12(8-13)10-25-11-14-15(24-25)4-5-22-16(14)9-17(27)23-6-7-26/h1-5,8,11,26H,6-7,9-10H2,(H,23,27). The Balaban J connectivity index is 1.79. The Bertz CT molecular complexity index is 972. The Labute approximate surface area is 157 Å². The Morgan fingerprint density at radius 2 is 2.11 bits per heavy atom. The number of fused-ring (bicyclic) bond motifs is 1. The molecule has 10 heteroatoms. The number of carbonyl (C=O) groups excluding carboxylic acids is 1. The lowest BCUT2D eigenvalue weighted by atomic mass is 10.2. The molecular weight excluding hydrogens is 377 g/mol. The van der Waals surface area contributed by atoms with Gasteiger partial charge in [0.1, 0.15) is 5.75 Å². The monoisotopic (exact) mass is 394 g/mol. The quantitative estimate of drug-likeness (QED) is 0.640. The van der Waals surface area contributed by atoms with Crippen molar-refractivity contribution in [3.8, 4) is 5.75 Å². The number of alkyl halides is 3. The van der Waals surface area contributed by atoms with Crippen LogP contribution < -0.4 is 10.1 Å². The number of hydrogen-bond donors (Lipinski definition) is 2. The molecule has 148 valence electrons. The number of nitrogens with zero attached hydrogens (tertiary/aromatic N) is 3. The fraction of sp³-hybridized carbons (Fsp3) is 0.278. The van der Waals surface area contributed by atoms with Crippen LogP contribution in [0.25, 0.3) is 10.9 Å². The molecule has 0 aliphatic rings. The van der Waals surface area contributed by atoms with Crippen molar-refractivity contribution < 1.29 is 27.8 Å². The molecule has 0 spiro atoms. The van der Waals surface area contributed by atoms with Gasteiger partial charge in [-0.15, -0.1) is 13.2 Å². The van der Waals surface area contributed by atoms with Crippen LogP contribution in [-0.4, -0.2) is 45.3 Å². The van der Waals surface area contributed by atoms with E-state index in [9.17, 15) is 18.0 Å². The van der Waals surface area contributed by atoms with Crippen LogP contribution >= 0.6 is 0 Å². The zero-order valence-electron chi connectivity index (χ0n) is 14.6. The Morgan fingerprint density at radius 1 is 1.29 bits per heavy atom. The van der Waals surface area contributed by atoms with Crippen LogP contribution in [-0.2, 0) is 17.8 Å². The van der Waals surface area contributed by atoms with E-state index in [4.69, 9.17) is 5.11 Å². The third kappa shape index (κ3) is 5.19. The van der Waals surface area contributed by atoms with E-state index in [-0.39, 0.29) is 37.8 Å². The summed E-state index contributed by atoms with van der Waals surface area (Å²) in [4.78, 5) is 16.1. The molecule has 0 atom stereocenters. The number of rotatable bonds is 7. The van der Waals surface area contributed by atoms with E-state index in [1.165, 1.54) is 24.4 Å². The van der Waals surface area contributed by atoms with Crippen LogP contribution in [0.15, 0.2) is 42.7 Å². The highest BCUT2D eigenvalue weighted by molar-refractivity contribution is 5.86. The van der Waals surface area contributed by atoms with E-state index < -0.39 is 6.36 Å². The summed E-state index contributed by atoms with van der Waals surface area (Å²) in [7, 11) is 0. The number of benzene rings is 1. The fourth-order valence-electron chi connectivity index (χ4n) is 2.71. The Kier molecular flexibility index (Phi) is 5.78. The first-order valence-electron chi connectivity index (χ1n) is 8.37. The van der Waals surface area contributed by atoms with Crippen LogP contribution in [0.1, 0.15) is 11.3 Å². The molecule has 2 heterocycles. The predicted octanol–water partition coefficient (Wildman–Crippen LogP) is 2.03. The summed E-state index contributed by atoms with van der Waals surface area (Å²) in [5.41, 5.74) is 1.71. The van der Waals surface area contributed by atoms with Gasteiger partial charge in [0.15, 0.2) is 0 Å². The molecule has 0 saturated carbocycles. The van der Waals surface area contributed by atoms with Gasteiger partial charge in [-0.2, -0.15) is 5.10 Å². The van der Waals surface area contributed by atoms with Gasteiger partial charge in [-0.3, -0.25) is 14.5 Å². The lowest BCUT2D eigenvalue weighted by Crippen LogP contribution is -2.28. The van der Waals surface area contributed by atoms with Crippen molar-refractivity contribution in [3.05, 3.63) is 54.0 Å². The molecule has 2 N–H and O–H groups in total. The van der Waals surface area contributed by atoms with Gasteiger partial charge < -0.3 is 15.2 Å². The lowest BCUT2D eigenvalue weighted by Gasteiger charge is -2.10. The van der Waals surface area contributed by atoms with Crippen LogP contribution in [0.5, 0.6) is 5.75 Å². The van der Waals surface area contributed by atoms with E-state index in [1.807, 2.05) is 0 Å². The van der Waals surface area contributed by atoms with Crippen LogP contribution in [0.4, 0.5) is 13.2 Å². The van der Waals surface area contributed by atoms with Crippen molar-refractivity contribution >= 4 is 16.8 Å². The molecule has 3 rings (SSSR count). The van der Waals surface area contributed by atoms with Crippen LogP contribution in [0, 0.1) is 0 Å². The molecule has 1 aromatic carbocycles. The lowest BCUT2D eigenvalue weighted by molar-refractivity contribution is -0.274. The highest BCUT2D eigenvalue weighted by Crippen LogP contribution is 2.24. The molecule has 0 saturated heterocycles. The fourth-order valence-corrected chi connectivity index (χ4v) is 2.71. The van der Waals surface area contributed by atoms with E-state index >= 15 is 0 Å². The van der Waals surface area contributed by atoms with Gasteiger partial charge in [0.2, 0.25) is 5.91 Å². The molecule has 2 aromatic heterocycles. The summed E-state index contributed by atoms with van der Waals surface area (Å²) in [5, 5.41) is 16.4. The van der Waals surface area contributed by atoms with Gasteiger partial charge in [-0.1, -0.05) is 12.1 Å². The number of aliphatic hydroxyl groups excluding tert-OH is 1. The first kappa shape index (κ1) is 19.6. The van der Waals surface area contributed by atoms with Crippen molar-refractivity contribution in [1.82, 2.24) is 20.1 Å². The summed E-state index contributed by atoms with van der Waals surface area (Å²) in [5.74, 6) is -0.580. The van der Waals surface area contributed by atoms with Crippen molar-refractivity contribution in [2.24, 2.45) is 0 Å². The van der Waals surface area contributed by atoms with Gasteiger partial charge >= 0.3 is 6.36 Å². The van der Waals surface area contributed by atoms with Crippen molar-refractivity contribution in [2.75, 3.05) is 13.2 Å². The first-order chi connectivity index (χ1) is 13.3. The number of aliphatic hydroxyl groups is 1. The number of ether oxygens (including phenoxy) is 1. The number of carbonyl (C=O) groups is 1. The number of amides is 1. The molecule has 28 heavy (non-hydrogen) atoms. The number of halogens is 3. The van der Waals surface area contributed by atoms with E-state index in [1.54, 1.807) is 23.0 Å². The minimum atomic E-state index is -4.75. The average Bonchev–Trinajstić information content (AvgIpc) is 3.02. The first-order valence-corrected chi connectivity index (χ1v) is 8.37. The Hall–Kier alpha value is -3.14. The third-order valence-corrected chi connectivity index (χ3v) is 3.80. The Morgan fingerprint density at radius 3 is 2.86 bits per heavy atom. The molecular formula is C18H17F3N4O3. The van der Waals surface area contributed by atoms with Gasteiger partial charge in [-0.25, -0.2) is 0 Å². The summed E-state index contributed by atoms with van der Waals surface area (Å²) in [6.07, 6.45) is -1.51. The zero-order valence-corrected chi connectivity index (χ0v) is 14.6. The highest BCUT2D eigenvalue weighted by atomic mass is 19.4. The molecule has 0 bridgehead atoms. The van der Waals surface area contributed by atoms with Gasteiger partial charge in [0, 0.05) is 24.3 Å². The smallest absolute Gasteiger partial charge is 0.406 e. The van der Waals surface area contributed by atoms with Gasteiger partial charge in [0.25, 0.3) is 0 Å². The molecule has 0 radical (unpaired) electrons. The minimum Gasteiger partial charge on any atom is -0.406 e. The summed E-state index contributed by atoms with van der Waals surface area (Å²) in [6, 6.07) is 7.34. The maximum absolute atomic E-state index is 12.4. The van der Waals surface area contributed by atoms with E-state index in [0.717, 1.165) is 0 Å². The van der Waals surface area contributed by atoms with Crippen LogP contribution in [0.3, 0.4) is 0 Å². The number of nitrogens with one attached hydrogen (secondary N) is 1. The van der Waals surface area contributed by atoms with Gasteiger partial charge in [0.05, 0.1) is 30.8 Å². The molecule has 0 unspecified atom stereocenters.